The van der Waals surface area contributed by atoms with Gasteiger partial charge < -0.3 is 10.2 Å². The van der Waals surface area contributed by atoms with Gasteiger partial charge in [-0.25, -0.2) is 14.8 Å². The number of fused-ring (bicyclic) bond motifs is 2. The predicted molar refractivity (Wildman–Crippen MR) is 96.3 cm³/mol. The van der Waals surface area contributed by atoms with E-state index in [1.807, 2.05) is 30.3 Å². The molecule has 126 valence electrons. The molecule has 4 rings (SSSR count). The molecule has 4 aromatic rings. The zero-order chi connectivity index (χ0) is 18.1. The van der Waals surface area contributed by atoms with E-state index in [0.717, 1.165) is 10.9 Å². The number of carboxylic acids is 1. The van der Waals surface area contributed by atoms with Crippen molar-refractivity contribution in [2.45, 2.75) is 0 Å². The average molecular weight is 344 g/mol. The first-order chi connectivity index (χ1) is 12.6. The number of aromatic nitrogens is 2. The largest absolute Gasteiger partial charge is 0.505 e. The zero-order valence-corrected chi connectivity index (χ0v) is 13.4. The number of para-hydroxylation sites is 2. The molecule has 0 aliphatic rings. The van der Waals surface area contributed by atoms with Crippen LogP contribution in [0.25, 0.3) is 21.8 Å². The third kappa shape index (κ3) is 2.71. The zero-order valence-electron chi connectivity index (χ0n) is 13.4. The Hall–Kier alpha value is -3.87. The lowest BCUT2D eigenvalue weighted by Gasteiger charge is -2.06. The topological polar surface area (TPSA) is 108 Å². The molecule has 0 amide bonds. The average Bonchev–Trinajstić information content (AvgIpc) is 2.67. The third-order valence-corrected chi connectivity index (χ3v) is 3.88. The van der Waals surface area contributed by atoms with Crippen LogP contribution in [0.5, 0.6) is 5.75 Å². The van der Waals surface area contributed by atoms with Crippen molar-refractivity contribution in [1.82, 2.24) is 9.97 Å². The molecule has 0 saturated carbocycles. The number of aromatic hydroxyl groups is 1. The lowest BCUT2D eigenvalue weighted by atomic mass is 10.1. The van der Waals surface area contributed by atoms with Crippen LogP contribution in [0.3, 0.4) is 0 Å². The van der Waals surface area contributed by atoms with Crippen LogP contribution in [0.15, 0.2) is 70.9 Å². The van der Waals surface area contributed by atoms with E-state index in [1.165, 1.54) is 0 Å². The molecular weight excluding hydrogens is 332 g/mol. The Morgan fingerprint density at radius 1 is 0.846 bits per heavy atom. The maximum atomic E-state index is 11.5. The van der Waals surface area contributed by atoms with E-state index in [0.29, 0.717) is 16.7 Å². The van der Waals surface area contributed by atoms with Crippen LogP contribution in [0, 0.1) is 0 Å². The number of carbonyl (C=O) groups is 1. The van der Waals surface area contributed by atoms with Gasteiger partial charge in [-0.2, -0.15) is 0 Å². The maximum Gasteiger partial charge on any atom is 0.357 e. The molecule has 7 heteroatoms. The minimum atomic E-state index is -1.30. The Bertz CT molecular complexity index is 1190. The number of aromatic carboxylic acids is 1. The number of benzene rings is 2. The van der Waals surface area contributed by atoms with E-state index in [1.54, 1.807) is 30.3 Å². The van der Waals surface area contributed by atoms with Gasteiger partial charge >= 0.3 is 5.97 Å². The first-order valence-corrected chi connectivity index (χ1v) is 7.76. The summed E-state index contributed by atoms with van der Waals surface area (Å²) in [6, 6.07) is 17.7. The van der Waals surface area contributed by atoms with Gasteiger partial charge in [0, 0.05) is 10.8 Å². The molecule has 26 heavy (non-hydrogen) atoms. The fourth-order valence-electron chi connectivity index (χ4n) is 2.64. The number of pyridine rings is 2. The molecule has 0 fully saturated rings. The number of hydrogen-bond acceptors (Lipinski definition) is 6. The summed E-state index contributed by atoms with van der Waals surface area (Å²) >= 11 is 0. The van der Waals surface area contributed by atoms with E-state index in [4.69, 9.17) is 0 Å². The van der Waals surface area contributed by atoms with E-state index in [-0.39, 0.29) is 17.1 Å². The molecule has 0 bridgehead atoms. The monoisotopic (exact) mass is 344 g/mol. The molecule has 2 aromatic heterocycles. The summed E-state index contributed by atoms with van der Waals surface area (Å²) in [6.45, 7) is 0. The van der Waals surface area contributed by atoms with Gasteiger partial charge in [0.15, 0.2) is 22.9 Å². The van der Waals surface area contributed by atoms with Gasteiger partial charge in [-0.1, -0.05) is 30.3 Å². The van der Waals surface area contributed by atoms with Crippen LogP contribution < -0.4 is 0 Å². The van der Waals surface area contributed by atoms with Gasteiger partial charge in [0.2, 0.25) is 0 Å². The summed E-state index contributed by atoms with van der Waals surface area (Å²) in [5, 5.41) is 29.1. The number of rotatable bonds is 3. The molecule has 2 heterocycles. The number of azo groups is 1. The Kier molecular flexibility index (Phi) is 3.74. The van der Waals surface area contributed by atoms with Gasteiger partial charge in [-0.3, -0.25) is 0 Å². The van der Waals surface area contributed by atoms with Crippen LogP contribution in [-0.4, -0.2) is 26.2 Å². The highest BCUT2D eigenvalue weighted by Gasteiger charge is 2.19. The molecule has 7 nitrogen and oxygen atoms in total. The number of hydrogen-bond donors (Lipinski definition) is 2. The van der Waals surface area contributed by atoms with Crippen molar-refractivity contribution < 1.29 is 15.0 Å². The van der Waals surface area contributed by atoms with E-state index in [2.05, 4.69) is 20.2 Å². The van der Waals surface area contributed by atoms with Crippen molar-refractivity contribution in [2.24, 2.45) is 10.2 Å². The molecule has 0 aliphatic heterocycles. The second-order valence-electron chi connectivity index (χ2n) is 5.54. The quantitative estimate of drug-likeness (QED) is 0.528. The van der Waals surface area contributed by atoms with Gasteiger partial charge in [0.25, 0.3) is 0 Å². The molecule has 0 spiro atoms. The molecular formula is C19H12N4O3. The highest BCUT2D eigenvalue weighted by atomic mass is 16.4. The Morgan fingerprint density at radius 3 is 2.38 bits per heavy atom. The summed E-state index contributed by atoms with van der Waals surface area (Å²) in [6.07, 6.45) is 0. The fourth-order valence-corrected chi connectivity index (χ4v) is 2.64. The first kappa shape index (κ1) is 15.6. The van der Waals surface area contributed by atoms with Crippen molar-refractivity contribution in [1.29, 1.82) is 0 Å². The summed E-state index contributed by atoms with van der Waals surface area (Å²) in [5.41, 5.74) is 0.533. The second-order valence-corrected chi connectivity index (χ2v) is 5.54. The molecule has 0 radical (unpaired) electrons. The Morgan fingerprint density at radius 2 is 1.58 bits per heavy atom. The van der Waals surface area contributed by atoms with E-state index in [9.17, 15) is 15.0 Å². The number of nitrogens with zero attached hydrogens (tertiary/aromatic N) is 4. The van der Waals surface area contributed by atoms with Crippen molar-refractivity contribution in [3.63, 3.8) is 0 Å². The Balaban J connectivity index is 1.84. The summed E-state index contributed by atoms with van der Waals surface area (Å²) in [5.74, 6) is -1.28. The standard InChI is InChI=1S/C19H12N4O3/c24-18-12-6-2-4-8-14(12)21-17(19(25)26)16(18)23-22-15-10-9-11-5-1-3-7-13(11)20-15/h1-10H,(H,21,24)(H,25,26)/b23-22+. The lowest BCUT2D eigenvalue weighted by Crippen LogP contribution is -2.01. The highest BCUT2D eigenvalue weighted by Crippen LogP contribution is 2.37. The minimum absolute atomic E-state index is 0.203. The SMILES string of the molecule is O=C(O)c1nc2ccccc2c(O)c1/N=N/c1ccc2ccccc2n1. The van der Waals surface area contributed by atoms with Crippen LogP contribution in [0.1, 0.15) is 10.5 Å². The van der Waals surface area contributed by atoms with Crippen molar-refractivity contribution in [3.8, 4) is 5.75 Å². The molecule has 0 saturated heterocycles. The van der Waals surface area contributed by atoms with E-state index < -0.39 is 5.97 Å². The molecule has 0 aliphatic carbocycles. The van der Waals surface area contributed by atoms with Crippen LogP contribution in [0.4, 0.5) is 11.5 Å². The van der Waals surface area contributed by atoms with Gasteiger partial charge in [0.05, 0.1) is 11.0 Å². The van der Waals surface area contributed by atoms with Crippen molar-refractivity contribution in [2.75, 3.05) is 0 Å². The molecule has 2 aromatic carbocycles. The fraction of sp³-hybridized carbons (Fsp3) is 0. The lowest BCUT2D eigenvalue weighted by molar-refractivity contribution is 0.0691. The van der Waals surface area contributed by atoms with Gasteiger partial charge in [-0.15, -0.1) is 10.2 Å². The summed E-state index contributed by atoms with van der Waals surface area (Å²) < 4.78 is 0. The smallest absolute Gasteiger partial charge is 0.357 e. The molecule has 0 unspecified atom stereocenters. The molecule has 2 N–H and O–H groups in total. The number of carboxylic acid groups (broad SMARTS) is 1. The summed E-state index contributed by atoms with van der Waals surface area (Å²) in [4.78, 5) is 19.9. The molecule has 0 atom stereocenters. The third-order valence-electron chi connectivity index (χ3n) is 3.88. The van der Waals surface area contributed by atoms with Gasteiger partial charge in [-0.05, 0) is 30.3 Å². The first-order valence-electron chi connectivity index (χ1n) is 7.76. The van der Waals surface area contributed by atoms with Crippen molar-refractivity contribution >= 4 is 39.3 Å². The van der Waals surface area contributed by atoms with Crippen LogP contribution in [0.2, 0.25) is 0 Å². The predicted octanol–water partition coefficient (Wildman–Crippen LogP) is 4.60. The normalized spacial score (nSPS) is 11.4. The minimum Gasteiger partial charge on any atom is -0.505 e. The van der Waals surface area contributed by atoms with E-state index >= 15 is 0 Å². The maximum absolute atomic E-state index is 11.5. The summed E-state index contributed by atoms with van der Waals surface area (Å²) in [7, 11) is 0. The highest BCUT2D eigenvalue weighted by molar-refractivity contribution is 6.00. The second kappa shape index (κ2) is 6.21. The van der Waals surface area contributed by atoms with Crippen LogP contribution in [-0.2, 0) is 0 Å². The van der Waals surface area contributed by atoms with Crippen LogP contribution >= 0.6 is 0 Å². The van der Waals surface area contributed by atoms with Gasteiger partial charge in [0.1, 0.15) is 0 Å². The van der Waals surface area contributed by atoms with Crippen molar-refractivity contribution in [3.05, 3.63) is 66.4 Å². The Labute approximate surface area is 147 Å².